The van der Waals surface area contributed by atoms with Crippen LogP contribution in [0.3, 0.4) is 0 Å². The number of benzene rings is 1. The molecule has 2 rings (SSSR count). The number of aliphatic imine (C=N–C) groups is 1. The second kappa shape index (κ2) is 4.34. The van der Waals surface area contributed by atoms with Crippen molar-refractivity contribution in [2.24, 2.45) is 4.99 Å². The third kappa shape index (κ3) is 1.87. The Morgan fingerprint density at radius 1 is 1.24 bits per heavy atom. The van der Waals surface area contributed by atoms with E-state index in [9.17, 15) is 9.90 Å². The fourth-order valence-corrected chi connectivity index (χ4v) is 2.80. The summed E-state index contributed by atoms with van der Waals surface area (Å²) >= 11 is 0. The van der Waals surface area contributed by atoms with Gasteiger partial charge in [-0.3, -0.25) is 0 Å². The number of isocyanates is 1. The zero-order valence-corrected chi connectivity index (χ0v) is 10.3. The minimum atomic E-state index is -0.399. The summed E-state index contributed by atoms with van der Waals surface area (Å²) in [4.78, 5) is 14.7. The van der Waals surface area contributed by atoms with Crippen LogP contribution in [0.5, 0.6) is 5.75 Å². The zero-order valence-electron chi connectivity index (χ0n) is 10.3. The average Bonchev–Trinajstić information content (AvgIpc) is 2.76. The van der Waals surface area contributed by atoms with Gasteiger partial charge in [0.05, 0.1) is 5.54 Å². The Morgan fingerprint density at radius 3 is 2.47 bits per heavy atom. The van der Waals surface area contributed by atoms with E-state index in [1.807, 2.05) is 19.9 Å². The fourth-order valence-electron chi connectivity index (χ4n) is 2.80. The molecule has 0 amide bonds. The van der Waals surface area contributed by atoms with E-state index in [2.05, 4.69) is 4.99 Å². The van der Waals surface area contributed by atoms with Crippen molar-refractivity contribution in [3.8, 4) is 5.75 Å². The van der Waals surface area contributed by atoms with E-state index in [0.29, 0.717) is 5.75 Å². The number of rotatable bonds is 2. The first-order valence-electron chi connectivity index (χ1n) is 5.99. The van der Waals surface area contributed by atoms with Crippen LogP contribution in [0, 0.1) is 13.8 Å². The third-order valence-electron chi connectivity index (χ3n) is 3.95. The van der Waals surface area contributed by atoms with Gasteiger partial charge in [-0.05, 0) is 49.4 Å². The second-order valence-electron chi connectivity index (χ2n) is 4.82. The van der Waals surface area contributed by atoms with E-state index in [-0.39, 0.29) is 0 Å². The molecule has 0 spiro atoms. The highest BCUT2D eigenvalue weighted by Crippen LogP contribution is 2.44. The molecule has 0 unspecified atom stereocenters. The van der Waals surface area contributed by atoms with Crippen LogP contribution in [0.15, 0.2) is 17.1 Å². The van der Waals surface area contributed by atoms with Crippen molar-refractivity contribution in [1.82, 2.24) is 0 Å². The van der Waals surface area contributed by atoms with Crippen LogP contribution in [0.4, 0.5) is 0 Å². The average molecular weight is 231 g/mol. The predicted molar refractivity (Wildman–Crippen MR) is 65.8 cm³/mol. The fraction of sp³-hybridized carbons (Fsp3) is 0.500. The third-order valence-corrected chi connectivity index (χ3v) is 3.95. The largest absolute Gasteiger partial charge is 0.508 e. The number of phenolic OH excluding ortho intramolecular Hbond substituents is 1. The predicted octanol–water partition coefficient (Wildman–Crippen LogP) is 3.11. The highest BCUT2D eigenvalue weighted by atomic mass is 16.3. The highest BCUT2D eigenvalue weighted by molar-refractivity contribution is 5.48. The topological polar surface area (TPSA) is 49.7 Å². The van der Waals surface area contributed by atoms with Crippen LogP contribution in [0.2, 0.25) is 0 Å². The molecule has 1 aromatic carbocycles. The summed E-state index contributed by atoms with van der Waals surface area (Å²) in [5, 5.41) is 9.67. The molecule has 3 heteroatoms. The standard InChI is InChI=1S/C14H17NO2/c1-10-11(2)13(17)6-5-12(10)14(15-9-16)7-3-4-8-14/h5-6,17H,3-4,7-8H2,1-2H3. The van der Waals surface area contributed by atoms with E-state index in [0.717, 1.165) is 42.4 Å². The van der Waals surface area contributed by atoms with Gasteiger partial charge in [-0.1, -0.05) is 18.9 Å². The minimum Gasteiger partial charge on any atom is -0.508 e. The summed E-state index contributed by atoms with van der Waals surface area (Å²) in [5.41, 5.74) is 2.57. The summed E-state index contributed by atoms with van der Waals surface area (Å²) in [5.74, 6) is 0.300. The first kappa shape index (κ1) is 11.9. The van der Waals surface area contributed by atoms with E-state index in [4.69, 9.17) is 0 Å². The van der Waals surface area contributed by atoms with E-state index < -0.39 is 5.54 Å². The van der Waals surface area contributed by atoms with Crippen molar-refractivity contribution in [1.29, 1.82) is 0 Å². The Hall–Kier alpha value is -1.60. The molecule has 0 aliphatic heterocycles. The van der Waals surface area contributed by atoms with Crippen LogP contribution < -0.4 is 0 Å². The van der Waals surface area contributed by atoms with Gasteiger partial charge in [0, 0.05) is 0 Å². The monoisotopic (exact) mass is 231 g/mol. The van der Waals surface area contributed by atoms with Gasteiger partial charge < -0.3 is 5.11 Å². The summed E-state index contributed by atoms with van der Waals surface area (Å²) in [6.07, 6.45) is 5.69. The molecule has 0 aromatic heterocycles. The molecule has 90 valence electrons. The maximum Gasteiger partial charge on any atom is 0.235 e. The molecular formula is C14H17NO2. The molecule has 1 saturated carbocycles. The number of hydrogen-bond donors (Lipinski definition) is 1. The smallest absolute Gasteiger partial charge is 0.235 e. The van der Waals surface area contributed by atoms with Gasteiger partial charge in [0.15, 0.2) is 0 Å². The second-order valence-corrected chi connectivity index (χ2v) is 4.82. The molecule has 1 aliphatic rings. The Morgan fingerprint density at radius 2 is 1.88 bits per heavy atom. The Kier molecular flexibility index (Phi) is 3.03. The highest BCUT2D eigenvalue weighted by Gasteiger charge is 2.37. The van der Waals surface area contributed by atoms with Gasteiger partial charge in [0.1, 0.15) is 5.75 Å². The van der Waals surface area contributed by atoms with Crippen LogP contribution in [0.1, 0.15) is 42.4 Å². The Balaban J connectivity index is 2.58. The lowest BCUT2D eigenvalue weighted by atomic mass is 9.84. The Bertz CT molecular complexity index is 481. The number of hydrogen-bond acceptors (Lipinski definition) is 3. The number of phenols is 1. The maximum atomic E-state index is 10.7. The van der Waals surface area contributed by atoms with Crippen LogP contribution in [-0.2, 0) is 10.3 Å². The number of aromatic hydroxyl groups is 1. The van der Waals surface area contributed by atoms with Crippen molar-refractivity contribution >= 4 is 6.08 Å². The van der Waals surface area contributed by atoms with Crippen molar-refractivity contribution < 1.29 is 9.90 Å². The zero-order chi connectivity index (χ0) is 12.5. The van der Waals surface area contributed by atoms with Crippen LogP contribution in [-0.4, -0.2) is 11.2 Å². The molecule has 17 heavy (non-hydrogen) atoms. The van der Waals surface area contributed by atoms with Gasteiger partial charge in [0.2, 0.25) is 6.08 Å². The van der Waals surface area contributed by atoms with E-state index >= 15 is 0 Å². The van der Waals surface area contributed by atoms with Gasteiger partial charge >= 0.3 is 0 Å². The van der Waals surface area contributed by atoms with E-state index in [1.165, 1.54) is 0 Å². The maximum absolute atomic E-state index is 10.7. The van der Waals surface area contributed by atoms with Crippen molar-refractivity contribution in [2.75, 3.05) is 0 Å². The first-order valence-corrected chi connectivity index (χ1v) is 5.99. The molecule has 3 nitrogen and oxygen atoms in total. The SMILES string of the molecule is Cc1c(O)ccc(C2(N=C=O)CCCC2)c1C. The lowest BCUT2D eigenvalue weighted by Gasteiger charge is -2.26. The van der Waals surface area contributed by atoms with Crippen molar-refractivity contribution in [3.63, 3.8) is 0 Å². The summed E-state index contributed by atoms with van der Waals surface area (Å²) in [7, 11) is 0. The molecule has 0 bridgehead atoms. The molecule has 0 heterocycles. The van der Waals surface area contributed by atoms with Crippen LogP contribution >= 0.6 is 0 Å². The summed E-state index contributed by atoms with van der Waals surface area (Å²) in [6, 6.07) is 3.59. The quantitative estimate of drug-likeness (QED) is 0.628. The van der Waals surface area contributed by atoms with Crippen molar-refractivity contribution in [3.05, 3.63) is 28.8 Å². The molecular weight excluding hydrogens is 214 g/mol. The molecule has 0 radical (unpaired) electrons. The van der Waals surface area contributed by atoms with Gasteiger partial charge in [-0.15, -0.1) is 0 Å². The summed E-state index contributed by atoms with van der Waals surface area (Å²) in [6.45, 7) is 3.87. The molecule has 1 fully saturated rings. The van der Waals surface area contributed by atoms with E-state index in [1.54, 1.807) is 12.1 Å². The summed E-state index contributed by atoms with van der Waals surface area (Å²) < 4.78 is 0. The molecule has 1 aliphatic carbocycles. The van der Waals surface area contributed by atoms with Gasteiger partial charge in [-0.25, -0.2) is 4.79 Å². The lowest BCUT2D eigenvalue weighted by Crippen LogP contribution is -2.20. The van der Waals surface area contributed by atoms with Gasteiger partial charge in [0.25, 0.3) is 0 Å². The molecule has 1 aromatic rings. The first-order chi connectivity index (χ1) is 8.10. The van der Waals surface area contributed by atoms with Crippen LogP contribution in [0.25, 0.3) is 0 Å². The molecule has 1 N–H and O–H groups in total. The number of nitrogens with zero attached hydrogens (tertiary/aromatic N) is 1. The molecule has 0 atom stereocenters. The normalized spacial score (nSPS) is 17.8. The minimum absolute atomic E-state index is 0.300. The van der Waals surface area contributed by atoms with Crippen molar-refractivity contribution in [2.45, 2.75) is 45.1 Å². The Labute approximate surface area is 101 Å². The van der Waals surface area contributed by atoms with Gasteiger partial charge in [-0.2, -0.15) is 4.99 Å². The lowest BCUT2D eigenvalue weighted by molar-refractivity contribution is 0.447. The number of carbonyl (C=O) groups excluding carboxylic acids is 1. The molecule has 0 saturated heterocycles.